The Morgan fingerprint density at radius 1 is 0.889 bits per heavy atom. The summed E-state index contributed by atoms with van der Waals surface area (Å²) in [6.07, 6.45) is -3.66. The fourth-order valence-electron chi connectivity index (χ4n) is 3.82. The van der Waals surface area contributed by atoms with Gasteiger partial charge in [-0.25, -0.2) is 23.3 Å². The van der Waals surface area contributed by atoms with E-state index >= 15 is 0 Å². The van der Waals surface area contributed by atoms with Crippen LogP contribution in [-0.2, 0) is 54.1 Å². The Bertz CT molecular complexity index is 1660. The number of nitrogens with zero attached hydrogens (tertiary/aromatic N) is 2. The van der Waals surface area contributed by atoms with Crippen LogP contribution in [0.5, 0.6) is 0 Å². The van der Waals surface area contributed by atoms with Crippen LogP contribution in [0, 0.1) is 0 Å². The van der Waals surface area contributed by atoms with Crippen molar-refractivity contribution in [3.05, 3.63) is 94.5 Å². The molecule has 1 amide bonds. The molecular weight excluding hydrogens is 663 g/mol. The molecule has 0 spiro atoms. The summed E-state index contributed by atoms with van der Waals surface area (Å²) in [5.41, 5.74) is 0.278. The highest BCUT2D eigenvalue weighted by atomic mass is 31.3. The maximum Gasteiger partial charge on any atom is 0.490 e. The number of rotatable bonds is 14. The van der Waals surface area contributed by atoms with Gasteiger partial charge in [-0.2, -0.15) is 13.6 Å². The Hall–Kier alpha value is -3.08. The molecular formula is C24H28N3O15P3. The van der Waals surface area contributed by atoms with Gasteiger partial charge in [0.15, 0.2) is 0 Å². The van der Waals surface area contributed by atoms with Crippen molar-refractivity contribution in [1.29, 1.82) is 0 Å². The normalized spacial score (nSPS) is 22.1. The topological polar surface area (TPSA) is 251 Å². The monoisotopic (exact) mass is 691 g/mol. The van der Waals surface area contributed by atoms with E-state index in [1.165, 1.54) is 24.4 Å². The second-order valence-corrected chi connectivity index (χ2v) is 13.9. The number of carbonyl (C=O) groups excluding carboxylic acids is 1. The van der Waals surface area contributed by atoms with Crippen LogP contribution in [0.4, 0.5) is 10.6 Å². The molecule has 21 heteroatoms. The summed E-state index contributed by atoms with van der Waals surface area (Å²) >= 11 is 0. The van der Waals surface area contributed by atoms with Gasteiger partial charge in [0.2, 0.25) is 0 Å². The van der Waals surface area contributed by atoms with Gasteiger partial charge in [0.1, 0.15) is 24.8 Å². The molecule has 1 aliphatic rings. The number of hydrogen-bond donors (Lipinski definition) is 5. The zero-order valence-electron chi connectivity index (χ0n) is 23.0. The van der Waals surface area contributed by atoms with Gasteiger partial charge in [-0.05, 0) is 17.2 Å². The molecule has 3 aromatic rings. The highest BCUT2D eigenvalue weighted by Crippen LogP contribution is 2.67. The number of carbonyl (C=O) groups is 1. The van der Waals surface area contributed by atoms with E-state index in [2.05, 4.69) is 28.0 Å². The minimum atomic E-state index is -5.71. The van der Waals surface area contributed by atoms with Crippen molar-refractivity contribution in [2.75, 3.05) is 11.9 Å². The van der Waals surface area contributed by atoms with Crippen LogP contribution < -0.4 is 11.0 Å². The van der Waals surface area contributed by atoms with E-state index in [4.69, 9.17) is 9.47 Å². The van der Waals surface area contributed by atoms with Crippen molar-refractivity contribution in [2.45, 2.75) is 38.1 Å². The van der Waals surface area contributed by atoms with Crippen molar-refractivity contribution in [3.8, 4) is 0 Å². The van der Waals surface area contributed by atoms with Gasteiger partial charge >= 0.3 is 35.3 Å². The molecule has 45 heavy (non-hydrogen) atoms. The maximum absolute atomic E-state index is 12.6. The number of phosphoric acid groups is 3. The number of ether oxygens (including phenoxy) is 2. The first kappa shape index (κ1) is 34.8. The first-order valence-corrected chi connectivity index (χ1v) is 17.3. The van der Waals surface area contributed by atoms with Crippen molar-refractivity contribution in [3.63, 3.8) is 0 Å². The molecule has 1 saturated heterocycles. The average Bonchev–Trinajstić information content (AvgIpc) is 3.34. The minimum Gasteiger partial charge on any atom is -0.444 e. The van der Waals surface area contributed by atoms with Gasteiger partial charge in [-0.15, -0.1) is 0 Å². The van der Waals surface area contributed by atoms with E-state index in [0.717, 1.165) is 10.1 Å². The number of anilines is 1. The first-order chi connectivity index (χ1) is 21.2. The van der Waals surface area contributed by atoms with Crippen LogP contribution >= 0.6 is 23.5 Å². The van der Waals surface area contributed by atoms with Crippen LogP contribution in [0.3, 0.4) is 0 Å². The van der Waals surface area contributed by atoms with E-state index in [9.17, 15) is 43.1 Å². The molecule has 4 rings (SSSR count). The molecule has 2 aromatic carbocycles. The third kappa shape index (κ3) is 11.0. The van der Waals surface area contributed by atoms with E-state index in [-0.39, 0.29) is 18.8 Å². The molecule has 0 aliphatic carbocycles. The van der Waals surface area contributed by atoms with Gasteiger partial charge in [0, 0.05) is 12.6 Å². The molecule has 244 valence electrons. The third-order valence-corrected chi connectivity index (χ3v) is 10.1. The van der Waals surface area contributed by atoms with Gasteiger partial charge in [-0.1, -0.05) is 60.7 Å². The molecule has 1 fully saturated rings. The molecule has 6 atom stereocenters. The third-order valence-electron chi connectivity index (χ3n) is 5.84. The molecule has 0 bridgehead atoms. The Kier molecular flexibility index (Phi) is 11.6. The maximum atomic E-state index is 12.6. The molecule has 2 heterocycles. The fourth-order valence-corrected chi connectivity index (χ4v) is 7.32. The summed E-state index contributed by atoms with van der Waals surface area (Å²) in [6, 6.07) is 18.1. The summed E-state index contributed by atoms with van der Waals surface area (Å²) in [4.78, 5) is 57.6. The molecule has 5 N–H and O–H groups in total. The van der Waals surface area contributed by atoms with Crippen LogP contribution in [0.2, 0.25) is 0 Å². The smallest absolute Gasteiger partial charge is 0.444 e. The van der Waals surface area contributed by atoms with Crippen LogP contribution in [-0.4, -0.2) is 54.2 Å². The zero-order valence-corrected chi connectivity index (χ0v) is 25.7. The van der Waals surface area contributed by atoms with E-state index in [1.54, 1.807) is 48.5 Å². The molecule has 0 radical (unpaired) electrons. The zero-order chi connectivity index (χ0) is 32.7. The summed E-state index contributed by atoms with van der Waals surface area (Å²) < 4.78 is 65.2. The predicted octanol–water partition coefficient (Wildman–Crippen LogP) is 3.21. The van der Waals surface area contributed by atoms with Crippen molar-refractivity contribution in [1.82, 2.24) is 9.55 Å². The first-order valence-electron chi connectivity index (χ1n) is 12.8. The number of aliphatic hydroxyl groups excluding tert-OH is 1. The summed E-state index contributed by atoms with van der Waals surface area (Å²) in [5, 5.41) is 12.6. The summed E-state index contributed by atoms with van der Waals surface area (Å²) in [6.45, 7) is -1.40. The van der Waals surface area contributed by atoms with Crippen LogP contribution in [0.1, 0.15) is 23.8 Å². The lowest BCUT2D eigenvalue weighted by Crippen LogP contribution is -2.29. The lowest BCUT2D eigenvalue weighted by Gasteiger charge is -2.20. The molecule has 1 aromatic heterocycles. The number of aliphatic hydroxyl groups is 1. The number of hydrogen-bond acceptors (Lipinski definition) is 13. The number of aromatic nitrogens is 2. The van der Waals surface area contributed by atoms with Crippen molar-refractivity contribution < 1.29 is 65.4 Å². The van der Waals surface area contributed by atoms with Gasteiger partial charge in [0.05, 0.1) is 19.3 Å². The quantitative estimate of drug-likeness (QED) is 0.152. The minimum absolute atomic E-state index is 0.0128. The highest BCUT2D eigenvalue weighted by molar-refractivity contribution is 7.66. The second kappa shape index (κ2) is 15.0. The van der Waals surface area contributed by atoms with Crippen LogP contribution in [0.25, 0.3) is 0 Å². The molecule has 1 aliphatic heterocycles. The van der Waals surface area contributed by atoms with Gasteiger partial charge in [0.25, 0.3) is 0 Å². The Morgan fingerprint density at radius 2 is 1.47 bits per heavy atom. The van der Waals surface area contributed by atoms with Crippen molar-refractivity contribution >= 4 is 35.4 Å². The average molecular weight is 691 g/mol. The van der Waals surface area contributed by atoms with E-state index in [0.29, 0.717) is 5.56 Å². The van der Waals surface area contributed by atoms with Gasteiger partial charge in [-0.3, -0.25) is 18.9 Å². The largest absolute Gasteiger partial charge is 0.490 e. The van der Waals surface area contributed by atoms with Crippen molar-refractivity contribution in [2.24, 2.45) is 0 Å². The SMILES string of the molecule is O=C(Nc1ccn([C@H]2CC(O)[C@@H](COP(=O)(O)OP(=O)(O)OP(=O)(O)OCc3ccccc3)O2)c(=O)n1)OCc1ccccc1. The standard InChI is InChI=1S/C24H28N3O15P3/c28-19-13-22(27-12-11-21(25-23(27)29)26-24(30)37-14-17-7-3-1-4-8-17)40-20(19)16-39-44(33,34)42-45(35,36)41-43(31,32)38-15-18-9-5-2-6-10-18/h1-12,19-20,22,28H,13-16H2,(H,31,32)(H,33,34)(H,35,36)(H,25,26,29,30)/t19?,20-,22-/m1/s1. The molecule has 0 saturated carbocycles. The molecule has 4 unspecified atom stereocenters. The second-order valence-electron chi connectivity index (χ2n) is 9.25. The number of nitrogens with one attached hydrogen (secondary N) is 1. The highest BCUT2D eigenvalue weighted by Gasteiger charge is 2.44. The lowest BCUT2D eigenvalue weighted by atomic mass is 10.2. The molecule has 18 nitrogen and oxygen atoms in total. The number of benzene rings is 2. The van der Waals surface area contributed by atoms with Gasteiger partial charge < -0.3 is 29.3 Å². The Balaban J connectivity index is 1.26. The van der Waals surface area contributed by atoms with E-state index in [1.807, 2.05) is 0 Å². The Morgan fingerprint density at radius 3 is 2.07 bits per heavy atom. The Labute approximate surface area is 254 Å². The van der Waals surface area contributed by atoms with Crippen LogP contribution in [0.15, 0.2) is 77.7 Å². The number of phosphoric ester groups is 2. The summed E-state index contributed by atoms with van der Waals surface area (Å²) in [7, 11) is -16.4. The number of amides is 1. The predicted molar refractivity (Wildman–Crippen MR) is 152 cm³/mol. The fraction of sp³-hybridized carbons (Fsp3) is 0.292. The summed E-state index contributed by atoms with van der Waals surface area (Å²) in [5.74, 6) is -0.125. The van der Waals surface area contributed by atoms with E-state index < -0.39 is 66.9 Å². The lowest BCUT2D eigenvalue weighted by molar-refractivity contribution is -0.0449.